The molecule has 2 aromatic carbocycles. The number of amides is 1. The number of carbonyl (C=O) groups is 2. The van der Waals surface area contributed by atoms with Crippen LogP contribution in [0.5, 0.6) is 0 Å². The first-order chi connectivity index (χ1) is 12.2. The predicted octanol–water partition coefficient (Wildman–Crippen LogP) is 1.59. The van der Waals surface area contributed by atoms with Gasteiger partial charge in [0.05, 0.1) is 11.3 Å². The number of nitrogens with two attached hydrogens (primary N) is 1. The summed E-state index contributed by atoms with van der Waals surface area (Å²) in [6.07, 6.45) is -1.42. The molecule has 2 rings (SSSR count). The summed E-state index contributed by atoms with van der Waals surface area (Å²) in [6, 6.07) is 10.9. The minimum absolute atomic E-state index is 0.0973. The Hall–Kier alpha value is -2.78. The molecule has 0 saturated carbocycles. The third-order valence-electron chi connectivity index (χ3n) is 3.42. The molecule has 0 saturated heterocycles. The highest BCUT2D eigenvalue weighted by Crippen LogP contribution is 2.14. The van der Waals surface area contributed by atoms with E-state index in [4.69, 9.17) is 9.88 Å². The van der Waals surface area contributed by atoms with E-state index in [9.17, 15) is 22.4 Å². The molecule has 138 valence electrons. The average Bonchev–Trinajstić information content (AvgIpc) is 2.56. The molecule has 0 fully saturated rings. The lowest BCUT2D eigenvalue weighted by Crippen LogP contribution is -2.30. The standard InChI is InChI=1S/C17H17FN2O5S/c1-11(25-16(21)10-12-4-2-3-5-15(12)18)17(22)20-13-6-8-14(9-7-13)26(19,23)24/h2-9,11H,10H2,1H3,(H,20,22)(H2,19,23,24). The Morgan fingerprint density at radius 2 is 1.77 bits per heavy atom. The van der Waals surface area contributed by atoms with Gasteiger partial charge >= 0.3 is 5.97 Å². The number of nitrogens with one attached hydrogen (secondary N) is 1. The number of rotatable bonds is 6. The Morgan fingerprint density at radius 1 is 1.15 bits per heavy atom. The van der Waals surface area contributed by atoms with Gasteiger partial charge in [0, 0.05) is 5.69 Å². The Morgan fingerprint density at radius 3 is 2.35 bits per heavy atom. The van der Waals surface area contributed by atoms with Crippen LogP contribution in [-0.2, 0) is 30.8 Å². The number of esters is 1. The van der Waals surface area contributed by atoms with E-state index in [2.05, 4.69) is 5.32 Å². The molecule has 9 heteroatoms. The molecular formula is C17H17FN2O5S. The normalized spacial score (nSPS) is 12.3. The van der Waals surface area contributed by atoms with Crippen molar-refractivity contribution in [3.05, 3.63) is 59.9 Å². The second kappa shape index (κ2) is 8.07. The summed E-state index contributed by atoms with van der Waals surface area (Å²) in [7, 11) is -3.83. The first-order valence-corrected chi connectivity index (χ1v) is 9.08. The van der Waals surface area contributed by atoms with Crippen molar-refractivity contribution in [2.45, 2.75) is 24.3 Å². The van der Waals surface area contributed by atoms with E-state index < -0.39 is 33.8 Å². The van der Waals surface area contributed by atoms with Crippen molar-refractivity contribution in [3.63, 3.8) is 0 Å². The van der Waals surface area contributed by atoms with Gasteiger partial charge in [-0.05, 0) is 42.8 Å². The molecule has 0 aliphatic rings. The molecule has 0 aliphatic heterocycles. The lowest BCUT2D eigenvalue weighted by molar-refractivity contribution is -0.152. The van der Waals surface area contributed by atoms with Crippen LogP contribution in [-0.4, -0.2) is 26.4 Å². The summed E-state index contributed by atoms with van der Waals surface area (Å²) in [6.45, 7) is 1.37. The number of hydrogen-bond donors (Lipinski definition) is 2. The van der Waals surface area contributed by atoms with Crippen LogP contribution in [0, 0.1) is 5.82 Å². The fourth-order valence-electron chi connectivity index (χ4n) is 2.06. The summed E-state index contributed by atoms with van der Waals surface area (Å²) < 4.78 is 40.9. The molecule has 0 radical (unpaired) electrons. The molecule has 0 heterocycles. The van der Waals surface area contributed by atoms with Gasteiger partial charge in [-0.25, -0.2) is 17.9 Å². The van der Waals surface area contributed by atoms with E-state index in [1.807, 2.05) is 0 Å². The second-order valence-electron chi connectivity index (χ2n) is 5.46. The fourth-order valence-corrected chi connectivity index (χ4v) is 2.58. The average molecular weight is 380 g/mol. The molecule has 7 nitrogen and oxygen atoms in total. The summed E-state index contributed by atoms with van der Waals surface area (Å²) in [5.74, 6) is -1.89. The largest absolute Gasteiger partial charge is 0.452 e. The third kappa shape index (κ3) is 5.36. The van der Waals surface area contributed by atoms with Crippen LogP contribution in [0.1, 0.15) is 12.5 Å². The number of sulfonamides is 1. The summed E-state index contributed by atoms with van der Waals surface area (Å²) in [4.78, 5) is 23.8. The smallest absolute Gasteiger partial charge is 0.311 e. The zero-order chi connectivity index (χ0) is 19.3. The minimum atomic E-state index is -3.83. The molecule has 1 amide bonds. The molecule has 3 N–H and O–H groups in total. The van der Waals surface area contributed by atoms with Crippen molar-refractivity contribution in [3.8, 4) is 0 Å². The zero-order valence-corrected chi connectivity index (χ0v) is 14.6. The number of primary sulfonamides is 1. The van der Waals surface area contributed by atoms with E-state index in [0.29, 0.717) is 5.69 Å². The number of halogens is 1. The summed E-state index contributed by atoms with van der Waals surface area (Å²) in [5.41, 5.74) is 0.475. The van der Waals surface area contributed by atoms with E-state index in [1.165, 1.54) is 49.4 Å². The number of ether oxygens (including phenoxy) is 1. The number of hydrogen-bond acceptors (Lipinski definition) is 5. The zero-order valence-electron chi connectivity index (χ0n) is 13.8. The summed E-state index contributed by atoms with van der Waals surface area (Å²) in [5, 5.41) is 7.46. The maximum atomic E-state index is 13.5. The molecule has 1 unspecified atom stereocenters. The van der Waals surface area contributed by atoms with Gasteiger partial charge < -0.3 is 10.1 Å². The molecule has 1 atom stereocenters. The SMILES string of the molecule is CC(OC(=O)Cc1ccccc1F)C(=O)Nc1ccc(S(N)(=O)=O)cc1. The lowest BCUT2D eigenvalue weighted by Gasteiger charge is -2.14. The van der Waals surface area contributed by atoms with Gasteiger partial charge in [-0.15, -0.1) is 0 Å². The highest BCUT2D eigenvalue weighted by Gasteiger charge is 2.19. The van der Waals surface area contributed by atoms with Crippen LogP contribution in [0.15, 0.2) is 53.4 Å². The Balaban J connectivity index is 1.93. The van der Waals surface area contributed by atoms with Gasteiger partial charge in [0.15, 0.2) is 6.10 Å². The van der Waals surface area contributed by atoms with Gasteiger partial charge in [-0.1, -0.05) is 18.2 Å². The predicted molar refractivity (Wildman–Crippen MR) is 92.1 cm³/mol. The van der Waals surface area contributed by atoms with Crippen molar-refractivity contribution in [1.29, 1.82) is 0 Å². The fraction of sp³-hybridized carbons (Fsp3) is 0.176. The highest BCUT2D eigenvalue weighted by molar-refractivity contribution is 7.89. The van der Waals surface area contributed by atoms with E-state index in [-0.39, 0.29) is 16.9 Å². The molecule has 2 aromatic rings. The van der Waals surface area contributed by atoms with E-state index in [1.54, 1.807) is 6.07 Å². The Labute approximate surface area is 150 Å². The maximum absolute atomic E-state index is 13.5. The van der Waals surface area contributed by atoms with Crippen LogP contribution in [0.4, 0.5) is 10.1 Å². The van der Waals surface area contributed by atoms with Crippen molar-refractivity contribution in [2.24, 2.45) is 5.14 Å². The number of anilines is 1. The molecule has 26 heavy (non-hydrogen) atoms. The van der Waals surface area contributed by atoms with Gasteiger partial charge in [0.25, 0.3) is 5.91 Å². The Kier molecular flexibility index (Phi) is 6.06. The van der Waals surface area contributed by atoms with E-state index in [0.717, 1.165) is 0 Å². The summed E-state index contributed by atoms with van der Waals surface area (Å²) >= 11 is 0. The van der Waals surface area contributed by atoms with Crippen LogP contribution in [0.25, 0.3) is 0 Å². The van der Waals surface area contributed by atoms with Crippen molar-refractivity contribution in [2.75, 3.05) is 5.32 Å². The molecule has 0 bridgehead atoms. The van der Waals surface area contributed by atoms with Crippen molar-refractivity contribution in [1.82, 2.24) is 0 Å². The van der Waals surface area contributed by atoms with Crippen molar-refractivity contribution >= 4 is 27.6 Å². The lowest BCUT2D eigenvalue weighted by atomic mass is 10.1. The molecule has 0 aliphatic carbocycles. The van der Waals surface area contributed by atoms with Gasteiger partial charge in [0.1, 0.15) is 5.82 Å². The minimum Gasteiger partial charge on any atom is -0.452 e. The first kappa shape index (κ1) is 19.5. The first-order valence-electron chi connectivity index (χ1n) is 7.53. The van der Waals surface area contributed by atoms with Gasteiger partial charge in [-0.3, -0.25) is 9.59 Å². The number of benzene rings is 2. The quantitative estimate of drug-likeness (QED) is 0.739. The van der Waals surface area contributed by atoms with Crippen LogP contribution < -0.4 is 10.5 Å². The molecule has 0 aromatic heterocycles. The van der Waals surface area contributed by atoms with Crippen LogP contribution in [0.3, 0.4) is 0 Å². The maximum Gasteiger partial charge on any atom is 0.311 e. The van der Waals surface area contributed by atoms with E-state index >= 15 is 0 Å². The monoisotopic (exact) mass is 380 g/mol. The van der Waals surface area contributed by atoms with Gasteiger partial charge in [0.2, 0.25) is 10.0 Å². The molecule has 0 spiro atoms. The number of carbonyl (C=O) groups excluding carboxylic acids is 2. The topological polar surface area (TPSA) is 116 Å². The third-order valence-corrected chi connectivity index (χ3v) is 4.35. The highest BCUT2D eigenvalue weighted by atomic mass is 32.2. The van der Waals surface area contributed by atoms with Crippen molar-refractivity contribution < 1.29 is 27.1 Å². The Bertz CT molecular complexity index is 913. The molecular weight excluding hydrogens is 363 g/mol. The van der Waals surface area contributed by atoms with Gasteiger partial charge in [-0.2, -0.15) is 0 Å². The second-order valence-corrected chi connectivity index (χ2v) is 7.02. The van der Waals surface area contributed by atoms with Crippen LogP contribution >= 0.6 is 0 Å². The van der Waals surface area contributed by atoms with Crippen LogP contribution in [0.2, 0.25) is 0 Å².